The summed E-state index contributed by atoms with van der Waals surface area (Å²) in [6.45, 7) is 2.84. The highest BCUT2D eigenvalue weighted by molar-refractivity contribution is 5.85. The second kappa shape index (κ2) is 5.66. The first-order valence-corrected chi connectivity index (χ1v) is 6.29. The maximum atomic E-state index is 8.88. The Morgan fingerprint density at radius 2 is 1.89 bits per heavy atom. The molecule has 0 amide bonds. The quantitative estimate of drug-likeness (QED) is 0.817. The Hall–Kier alpha value is -1.85. The van der Waals surface area contributed by atoms with E-state index in [1.807, 2.05) is 14.0 Å². The van der Waals surface area contributed by atoms with Gasteiger partial charge in [-0.25, -0.2) is 0 Å². The molecular weight excluding hydrogens is 220 g/mol. The molecule has 92 valence electrons. The van der Waals surface area contributed by atoms with Crippen LogP contribution in [0.2, 0.25) is 0 Å². The number of nitrogens with zero attached hydrogens (tertiary/aromatic N) is 2. The Morgan fingerprint density at radius 3 is 2.67 bits per heavy atom. The summed E-state index contributed by atoms with van der Waals surface area (Å²) < 4.78 is 0. The third-order valence-corrected chi connectivity index (χ3v) is 3.46. The first-order chi connectivity index (χ1) is 8.72. The molecule has 0 saturated heterocycles. The van der Waals surface area contributed by atoms with E-state index in [-0.39, 0.29) is 6.04 Å². The predicted octanol–water partition coefficient (Wildman–Crippen LogP) is 3.23. The molecular formula is C16H18N2. The SMILES string of the molecule is CC(C#N)N(C)CCc1cccc2ccccc12. The van der Waals surface area contributed by atoms with Gasteiger partial charge in [0, 0.05) is 6.54 Å². The smallest absolute Gasteiger partial charge is 0.0946 e. The Balaban J connectivity index is 2.15. The number of rotatable bonds is 4. The number of benzene rings is 2. The molecule has 0 aliphatic heterocycles. The lowest BCUT2D eigenvalue weighted by atomic mass is 10.0. The fraction of sp³-hybridized carbons (Fsp3) is 0.312. The zero-order valence-electron chi connectivity index (χ0n) is 10.9. The van der Waals surface area contributed by atoms with E-state index in [1.54, 1.807) is 0 Å². The molecule has 2 aromatic carbocycles. The van der Waals surface area contributed by atoms with Crippen molar-refractivity contribution in [2.45, 2.75) is 19.4 Å². The molecule has 0 aliphatic carbocycles. The van der Waals surface area contributed by atoms with Crippen molar-refractivity contribution in [3.05, 3.63) is 48.0 Å². The number of hydrogen-bond acceptors (Lipinski definition) is 2. The third-order valence-electron chi connectivity index (χ3n) is 3.46. The topological polar surface area (TPSA) is 27.0 Å². The molecule has 0 N–H and O–H groups in total. The lowest BCUT2D eigenvalue weighted by Gasteiger charge is -2.19. The van der Waals surface area contributed by atoms with Crippen LogP contribution < -0.4 is 0 Å². The summed E-state index contributed by atoms with van der Waals surface area (Å²) in [5.74, 6) is 0. The summed E-state index contributed by atoms with van der Waals surface area (Å²) in [5, 5.41) is 11.5. The lowest BCUT2D eigenvalue weighted by Crippen LogP contribution is -2.29. The average molecular weight is 238 g/mol. The molecule has 0 heterocycles. The van der Waals surface area contributed by atoms with Crippen molar-refractivity contribution >= 4 is 10.8 Å². The Labute approximate surface area is 108 Å². The highest BCUT2D eigenvalue weighted by atomic mass is 15.1. The van der Waals surface area contributed by atoms with Gasteiger partial charge in [0.25, 0.3) is 0 Å². The number of hydrogen-bond donors (Lipinski definition) is 0. The second-order valence-corrected chi connectivity index (χ2v) is 4.67. The van der Waals surface area contributed by atoms with Crippen molar-refractivity contribution in [3.63, 3.8) is 0 Å². The van der Waals surface area contributed by atoms with Gasteiger partial charge in [0.05, 0.1) is 12.1 Å². The maximum Gasteiger partial charge on any atom is 0.0946 e. The van der Waals surface area contributed by atoms with E-state index in [0.717, 1.165) is 13.0 Å². The van der Waals surface area contributed by atoms with Gasteiger partial charge in [-0.15, -0.1) is 0 Å². The third kappa shape index (κ3) is 2.69. The fourth-order valence-corrected chi connectivity index (χ4v) is 2.10. The number of fused-ring (bicyclic) bond motifs is 1. The number of likely N-dealkylation sites (N-methyl/N-ethyl adjacent to an activating group) is 1. The first-order valence-electron chi connectivity index (χ1n) is 6.29. The van der Waals surface area contributed by atoms with Crippen molar-refractivity contribution in [1.29, 1.82) is 5.26 Å². The summed E-state index contributed by atoms with van der Waals surface area (Å²) in [6, 6.07) is 17.1. The summed E-state index contributed by atoms with van der Waals surface area (Å²) in [7, 11) is 2.00. The lowest BCUT2D eigenvalue weighted by molar-refractivity contribution is 0.307. The van der Waals surface area contributed by atoms with E-state index in [4.69, 9.17) is 5.26 Å². The molecule has 0 aliphatic rings. The fourth-order valence-electron chi connectivity index (χ4n) is 2.10. The van der Waals surface area contributed by atoms with Crippen LogP contribution in [0.1, 0.15) is 12.5 Å². The van der Waals surface area contributed by atoms with E-state index in [9.17, 15) is 0 Å². The minimum Gasteiger partial charge on any atom is -0.291 e. The molecule has 18 heavy (non-hydrogen) atoms. The van der Waals surface area contributed by atoms with Crippen LogP contribution in [0.15, 0.2) is 42.5 Å². The molecule has 0 radical (unpaired) electrons. The van der Waals surface area contributed by atoms with Crippen LogP contribution in [-0.2, 0) is 6.42 Å². The summed E-state index contributed by atoms with van der Waals surface area (Å²) >= 11 is 0. The van der Waals surface area contributed by atoms with E-state index in [2.05, 4.69) is 53.4 Å². The predicted molar refractivity (Wildman–Crippen MR) is 75.4 cm³/mol. The molecule has 0 aromatic heterocycles. The van der Waals surface area contributed by atoms with Crippen LogP contribution in [0.4, 0.5) is 0 Å². The molecule has 2 aromatic rings. The first kappa shape index (κ1) is 12.6. The van der Waals surface area contributed by atoms with Crippen molar-refractivity contribution in [3.8, 4) is 6.07 Å². The zero-order chi connectivity index (χ0) is 13.0. The monoisotopic (exact) mass is 238 g/mol. The van der Waals surface area contributed by atoms with Crippen LogP contribution in [0.5, 0.6) is 0 Å². The summed E-state index contributed by atoms with van der Waals surface area (Å²) in [6.07, 6.45) is 0.976. The summed E-state index contributed by atoms with van der Waals surface area (Å²) in [4.78, 5) is 2.09. The van der Waals surface area contributed by atoms with E-state index < -0.39 is 0 Å². The van der Waals surface area contributed by atoms with E-state index in [0.29, 0.717) is 0 Å². The number of nitriles is 1. The molecule has 1 unspecified atom stereocenters. The van der Waals surface area contributed by atoms with Crippen LogP contribution in [0, 0.1) is 11.3 Å². The zero-order valence-corrected chi connectivity index (χ0v) is 10.9. The van der Waals surface area contributed by atoms with Gasteiger partial charge >= 0.3 is 0 Å². The minimum absolute atomic E-state index is 0.0278. The molecule has 2 nitrogen and oxygen atoms in total. The van der Waals surface area contributed by atoms with Gasteiger partial charge in [-0.05, 0) is 36.7 Å². The molecule has 0 spiro atoms. The van der Waals surface area contributed by atoms with Crippen LogP contribution in [0.3, 0.4) is 0 Å². The van der Waals surface area contributed by atoms with Gasteiger partial charge < -0.3 is 0 Å². The highest BCUT2D eigenvalue weighted by Crippen LogP contribution is 2.19. The van der Waals surface area contributed by atoms with Crippen molar-refractivity contribution < 1.29 is 0 Å². The van der Waals surface area contributed by atoms with E-state index >= 15 is 0 Å². The molecule has 2 rings (SSSR count). The summed E-state index contributed by atoms with van der Waals surface area (Å²) in [5.41, 5.74) is 1.35. The van der Waals surface area contributed by atoms with Gasteiger partial charge in [0.2, 0.25) is 0 Å². The molecule has 2 heteroatoms. The van der Waals surface area contributed by atoms with Crippen molar-refractivity contribution in [1.82, 2.24) is 4.90 Å². The maximum absolute atomic E-state index is 8.88. The van der Waals surface area contributed by atoms with Crippen molar-refractivity contribution in [2.75, 3.05) is 13.6 Å². The normalized spacial score (nSPS) is 12.6. The van der Waals surface area contributed by atoms with Gasteiger partial charge in [-0.2, -0.15) is 5.26 Å². The van der Waals surface area contributed by atoms with E-state index in [1.165, 1.54) is 16.3 Å². The van der Waals surface area contributed by atoms with Gasteiger partial charge in [0.1, 0.15) is 0 Å². The van der Waals surface area contributed by atoms with Gasteiger partial charge in [0.15, 0.2) is 0 Å². The molecule has 0 bridgehead atoms. The molecule has 0 saturated carbocycles. The molecule has 0 fully saturated rings. The van der Waals surface area contributed by atoms with Crippen LogP contribution >= 0.6 is 0 Å². The van der Waals surface area contributed by atoms with Crippen LogP contribution in [-0.4, -0.2) is 24.5 Å². The van der Waals surface area contributed by atoms with Crippen LogP contribution in [0.25, 0.3) is 10.8 Å². The largest absolute Gasteiger partial charge is 0.291 e. The van der Waals surface area contributed by atoms with Crippen molar-refractivity contribution in [2.24, 2.45) is 0 Å². The average Bonchev–Trinajstić information content (AvgIpc) is 2.43. The highest BCUT2D eigenvalue weighted by Gasteiger charge is 2.08. The van der Waals surface area contributed by atoms with Gasteiger partial charge in [-0.1, -0.05) is 42.5 Å². The minimum atomic E-state index is -0.0278. The standard InChI is InChI=1S/C16H18N2/c1-13(12-17)18(2)11-10-15-8-5-7-14-6-3-4-9-16(14)15/h3-9,13H,10-11H2,1-2H3. The van der Waals surface area contributed by atoms with Gasteiger partial charge in [-0.3, -0.25) is 4.90 Å². The molecule has 1 atom stereocenters. The Morgan fingerprint density at radius 1 is 1.17 bits per heavy atom. The second-order valence-electron chi connectivity index (χ2n) is 4.67. The Bertz CT molecular complexity index is 563. The Kier molecular flexibility index (Phi) is 3.96.